The maximum atomic E-state index is 10.8. The fourth-order valence-corrected chi connectivity index (χ4v) is 4.78. The minimum Gasteiger partial charge on any atom is -0.391 e. The largest absolute Gasteiger partial charge is 0.391 e. The number of hydrogen-bond donors (Lipinski definition) is 1. The lowest BCUT2D eigenvalue weighted by molar-refractivity contribution is -0.0170. The van der Waals surface area contributed by atoms with Gasteiger partial charge in [0.1, 0.15) is 0 Å². The minimum atomic E-state index is -0.272. The van der Waals surface area contributed by atoms with Gasteiger partial charge in [-0.3, -0.25) is 0 Å². The van der Waals surface area contributed by atoms with E-state index in [1.165, 1.54) is 30.6 Å². The molecule has 1 atom stereocenters. The number of thiophene rings is 1. The van der Waals surface area contributed by atoms with Crippen molar-refractivity contribution in [3.63, 3.8) is 0 Å². The zero-order valence-corrected chi connectivity index (χ0v) is 14.3. The Balaban J connectivity index is 2.13. The molecule has 2 nitrogen and oxygen atoms in total. The van der Waals surface area contributed by atoms with Gasteiger partial charge in [-0.15, -0.1) is 11.3 Å². The van der Waals surface area contributed by atoms with E-state index in [1.54, 1.807) is 11.3 Å². The van der Waals surface area contributed by atoms with E-state index in [9.17, 15) is 5.11 Å². The van der Waals surface area contributed by atoms with Crippen LogP contribution in [0.3, 0.4) is 0 Å². The van der Waals surface area contributed by atoms with Crippen molar-refractivity contribution in [1.82, 2.24) is 4.90 Å². The first-order valence-corrected chi connectivity index (χ1v) is 8.75. The lowest BCUT2D eigenvalue weighted by Crippen LogP contribution is -2.54. The quantitative estimate of drug-likeness (QED) is 0.831. The van der Waals surface area contributed by atoms with Crippen molar-refractivity contribution in [2.75, 3.05) is 14.1 Å². The van der Waals surface area contributed by atoms with E-state index in [1.807, 2.05) is 0 Å². The van der Waals surface area contributed by atoms with Gasteiger partial charge in [0.25, 0.3) is 0 Å². The normalized spacial score (nSPS) is 21.3. The highest BCUT2D eigenvalue weighted by Crippen LogP contribution is 2.36. The summed E-state index contributed by atoms with van der Waals surface area (Å²) in [5, 5.41) is 10.8. The zero-order chi connectivity index (χ0) is 13.9. The third kappa shape index (κ3) is 3.60. The molecule has 0 saturated heterocycles. The van der Waals surface area contributed by atoms with Crippen LogP contribution >= 0.6 is 27.3 Å². The second-order valence-electron chi connectivity index (χ2n) is 5.84. The van der Waals surface area contributed by atoms with Crippen molar-refractivity contribution in [2.45, 2.75) is 56.6 Å². The number of nitrogens with zero attached hydrogens (tertiary/aromatic N) is 1. The van der Waals surface area contributed by atoms with Crippen LogP contribution < -0.4 is 0 Å². The van der Waals surface area contributed by atoms with Crippen LogP contribution in [-0.4, -0.2) is 35.7 Å². The molecule has 1 aliphatic carbocycles. The van der Waals surface area contributed by atoms with E-state index in [-0.39, 0.29) is 11.6 Å². The van der Waals surface area contributed by atoms with Crippen molar-refractivity contribution >= 4 is 27.3 Å². The number of rotatable bonds is 4. The van der Waals surface area contributed by atoms with Crippen LogP contribution in [-0.2, 0) is 6.42 Å². The molecule has 0 aliphatic heterocycles. The van der Waals surface area contributed by atoms with Crippen LogP contribution in [0.25, 0.3) is 0 Å². The molecular weight excluding hydrogens is 322 g/mol. The van der Waals surface area contributed by atoms with Gasteiger partial charge in [-0.2, -0.15) is 0 Å². The predicted molar refractivity (Wildman–Crippen MR) is 85.8 cm³/mol. The second kappa shape index (κ2) is 6.70. The number of likely N-dealkylation sites (N-methyl/N-ethyl adjacent to an activating group) is 1. The summed E-state index contributed by atoms with van der Waals surface area (Å²) >= 11 is 5.23. The van der Waals surface area contributed by atoms with Gasteiger partial charge < -0.3 is 10.0 Å². The first kappa shape index (κ1) is 15.5. The SMILES string of the molecule is CN(C)C1(C(O)Cc2ccc(Br)s2)CCCCCC1. The number of aliphatic hydroxyl groups excluding tert-OH is 1. The summed E-state index contributed by atoms with van der Waals surface area (Å²) in [6.07, 6.45) is 7.84. The maximum Gasteiger partial charge on any atom is 0.0771 e. The molecule has 1 saturated carbocycles. The molecule has 0 bridgehead atoms. The first-order valence-electron chi connectivity index (χ1n) is 7.14. The van der Waals surface area contributed by atoms with E-state index >= 15 is 0 Å². The minimum absolute atomic E-state index is 0.0348. The molecule has 2 rings (SSSR count). The van der Waals surface area contributed by atoms with Crippen LogP contribution in [0.15, 0.2) is 15.9 Å². The van der Waals surface area contributed by atoms with Crippen LogP contribution in [0.4, 0.5) is 0 Å². The van der Waals surface area contributed by atoms with Gasteiger partial charge in [0.15, 0.2) is 0 Å². The van der Waals surface area contributed by atoms with Crippen LogP contribution in [0.2, 0.25) is 0 Å². The molecule has 108 valence electrons. The van der Waals surface area contributed by atoms with Crippen molar-refractivity contribution in [1.29, 1.82) is 0 Å². The fraction of sp³-hybridized carbons (Fsp3) is 0.733. The van der Waals surface area contributed by atoms with Gasteiger partial charge in [-0.05, 0) is 55.0 Å². The number of halogens is 1. The summed E-state index contributed by atoms with van der Waals surface area (Å²) in [5.74, 6) is 0. The van der Waals surface area contributed by atoms with Gasteiger partial charge in [0.05, 0.1) is 9.89 Å². The third-order valence-electron chi connectivity index (χ3n) is 4.50. The summed E-state index contributed by atoms with van der Waals surface area (Å²) in [4.78, 5) is 3.54. The summed E-state index contributed by atoms with van der Waals surface area (Å²) in [5.41, 5.74) is -0.0348. The summed E-state index contributed by atoms with van der Waals surface area (Å²) in [6.45, 7) is 0. The third-order valence-corrected chi connectivity index (χ3v) is 6.15. The Morgan fingerprint density at radius 1 is 1.26 bits per heavy atom. The Bertz CT molecular complexity index is 397. The lowest BCUT2D eigenvalue weighted by atomic mass is 9.81. The highest BCUT2D eigenvalue weighted by molar-refractivity contribution is 9.11. The van der Waals surface area contributed by atoms with Gasteiger partial charge in [0, 0.05) is 16.8 Å². The van der Waals surface area contributed by atoms with E-state index in [0.29, 0.717) is 0 Å². The van der Waals surface area contributed by atoms with Gasteiger partial charge >= 0.3 is 0 Å². The van der Waals surface area contributed by atoms with Gasteiger partial charge in [-0.25, -0.2) is 0 Å². The molecule has 1 aliphatic rings. The van der Waals surface area contributed by atoms with Crippen LogP contribution in [0, 0.1) is 0 Å². The van der Waals surface area contributed by atoms with E-state index in [2.05, 4.69) is 47.1 Å². The molecule has 1 heterocycles. The average Bonchev–Trinajstić information content (AvgIpc) is 2.65. The molecular formula is C15H24BrNOS. The molecule has 4 heteroatoms. The molecule has 1 aromatic rings. The van der Waals surface area contributed by atoms with Crippen molar-refractivity contribution in [2.24, 2.45) is 0 Å². The van der Waals surface area contributed by atoms with Crippen LogP contribution in [0.1, 0.15) is 43.4 Å². The topological polar surface area (TPSA) is 23.5 Å². The smallest absolute Gasteiger partial charge is 0.0771 e. The van der Waals surface area contributed by atoms with Gasteiger partial charge in [-0.1, -0.05) is 25.7 Å². The molecule has 0 amide bonds. The monoisotopic (exact) mass is 345 g/mol. The number of aliphatic hydroxyl groups is 1. The molecule has 19 heavy (non-hydrogen) atoms. The highest BCUT2D eigenvalue weighted by atomic mass is 79.9. The first-order chi connectivity index (χ1) is 9.04. The molecule has 1 N–H and O–H groups in total. The van der Waals surface area contributed by atoms with Crippen LogP contribution in [0.5, 0.6) is 0 Å². The standard InChI is InChI=1S/C15H24BrNOS/c1-17(2)15(9-5-3-4-6-10-15)13(18)11-12-7-8-14(16)19-12/h7-8,13,18H,3-6,9-11H2,1-2H3. The molecule has 0 aromatic carbocycles. The van der Waals surface area contributed by atoms with E-state index in [0.717, 1.165) is 23.0 Å². The van der Waals surface area contributed by atoms with Crippen molar-refractivity contribution < 1.29 is 5.11 Å². The second-order valence-corrected chi connectivity index (χ2v) is 8.39. The Morgan fingerprint density at radius 3 is 2.37 bits per heavy atom. The summed E-state index contributed by atoms with van der Waals surface area (Å²) in [7, 11) is 4.25. The Hall–Kier alpha value is 0.1000. The Morgan fingerprint density at radius 2 is 1.89 bits per heavy atom. The lowest BCUT2D eigenvalue weighted by Gasteiger charge is -2.43. The molecule has 1 fully saturated rings. The number of hydrogen-bond acceptors (Lipinski definition) is 3. The highest BCUT2D eigenvalue weighted by Gasteiger charge is 2.40. The molecule has 1 aromatic heterocycles. The predicted octanol–water partition coefficient (Wildman–Crippen LogP) is 4.07. The van der Waals surface area contributed by atoms with Crippen molar-refractivity contribution in [3.8, 4) is 0 Å². The van der Waals surface area contributed by atoms with Gasteiger partial charge in [0.2, 0.25) is 0 Å². The summed E-state index contributed by atoms with van der Waals surface area (Å²) < 4.78 is 1.15. The fourth-order valence-electron chi connectivity index (χ4n) is 3.26. The zero-order valence-electron chi connectivity index (χ0n) is 11.9. The van der Waals surface area contributed by atoms with Crippen molar-refractivity contribution in [3.05, 3.63) is 20.8 Å². The Labute approximate surface area is 129 Å². The molecule has 0 radical (unpaired) electrons. The molecule has 0 spiro atoms. The summed E-state index contributed by atoms with van der Waals surface area (Å²) in [6, 6.07) is 4.19. The molecule has 1 unspecified atom stereocenters. The maximum absolute atomic E-state index is 10.8. The Kier molecular flexibility index (Phi) is 5.46. The average molecular weight is 346 g/mol. The van der Waals surface area contributed by atoms with E-state index < -0.39 is 0 Å². The van der Waals surface area contributed by atoms with E-state index in [4.69, 9.17) is 0 Å².